The summed E-state index contributed by atoms with van der Waals surface area (Å²) in [6, 6.07) is 0. The van der Waals surface area contributed by atoms with Crippen LogP contribution in [0.4, 0.5) is 10.6 Å². The van der Waals surface area contributed by atoms with Gasteiger partial charge in [-0.1, -0.05) is 12.2 Å². The maximum Gasteiger partial charge on any atom is 0.407 e. The molecule has 1 heterocycles. The first kappa shape index (κ1) is 24.2. The van der Waals surface area contributed by atoms with Crippen LogP contribution in [0.2, 0.25) is 0 Å². The van der Waals surface area contributed by atoms with Crippen LogP contribution in [0.1, 0.15) is 37.7 Å². The van der Waals surface area contributed by atoms with Gasteiger partial charge in [0.1, 0.15) is 10.6 Å². The Morgan fingerprint density at radius 3 is 2.55 bits per heavy atom. The van der Waals surface area contributed by atoms with Gasteiger partial charge < -0.3 is 25.2 Å². The number of aromatic nitrogens is 2. The van der Waals surface area contributed by atoms with E-state index >= 15 is 0 Å². The van der Waals surface area contributed by atoms with Crippen LogP contribution in [0.5, 0.6) is 0 Å². The van der Waals surface area contributed by atoms with Gasteiger partial charge in [0.15, 0.2) is 11.5 Å². The Kier molecular flexibility index (Phi) is 9.93. The number of alkyl carbamates (subject to hydrolysis) is 1. The molecule has 160 valence electrons. The lowest BCUT2D eigenvalue weighted by Crippen LogP contribution is -2.32. The molecular weight excluding hydrogens is 400 g/mol. The molecule has 29 heavy (non-hydrogen) atoms. The lowest BCUT2D eigenvalue weighted by Gasteiger charge is -2.19. The summed E-state index contributed by atoms with van der Waals surface area (Å²) < 4.78 is 9.70. The number of rotatable bonds is 10. The lowest BCUT2D eigenvalue weighted by atomic mass is 10.2. The van der Waals surface area contributed by atoms with Gasteiger partial charge in [0.05, 0.1) is 19.7 Å². The summed E-state index contributed by atoms with van der Waals surface area (Å²) >= 11 is 1.20. The molecule has 1 aromatic heterocycles. The number of thioether (sulfide) groups is 1. The summed E-state index contributed by atoms with van der Waals surface area (Å²) in [5.74, 6) is -0.786. The molecule has 1 amide bonds. The SMILES string of the molecule is COC(=O)CCSc1nc(C(=O)O)cnc1NCC=CCNC(=O)OC(C)(C)C. The molecule has 0 saturated carbocycles. The number of anilines is 1. The molecule has 1 rings (SSSR count). The van der Waals surface area contributed by atoms with Crippen LogP contribution < -0.4 is 10.6 Å². The first-order chi connectivity index (χ1) is 13.6. The van der Waals surface area contributed by atoms with Gasteiger partial charge in [0, 0.05) is 18.8 Å². The molecule has 0 radical (unpaired) electrons. The van der Waals surface area contributed by atoms with Crippen molar-refractivity contribution < 1.29 is 29.0 Å². The third-order valence-electron chi connectivity index (χ3n) is 3.05. The number of carboxylic acid groups (broad SMARTS) is 1. The quantitative estimate of drug-likeness (QED) is 0.290. The highest BCUT2D eigenvalue weighted by molar-refractivity contribution is 7.99. The largest absolute Gasteiger partial charge is 0.476 e. The minimum absolute atomic E-state index is 0.163. The minimum atomic E-state index is -1.19. The number of aromatic carboxylic acids is 1. The number of carbonyl (C=O) groups excluding carboxylic acids is 2. The summed E-state index contributed by atoms with van der Waals surface area (Å²) in [6.07, 6.45) is 4.32. The molecule has 0 aliphatic carbocycles. The zero-order valence-electron chi connectivity index (χ0n) is 16.9. The van der Waals surface area contributed by atoms with Crippen molar-refractivity contribution in [1.82, 2.24) is 15.3 Å². The van der Waals surface area contributed by atoms with Crippen LogP contribution in [0.3, 0.4) is 0 Å². The highest BCUT2D eigenvalue weighted by atomic mass is 32.2. The summed E-state index contributed by atoms with van der Waals surface area (Å²) in [5, 5.41) is 15.1. The first-order valence-corrected chi connectivity index (χ1v) is 9.76. The minimum Gasteiger partial charge on any atom is -0.476 e. The van der Waals surface area contributed by atoms with Crippen LogP contribution in [0, 0.1) is 0 Å². The fraction of sp³-hybridized carbons (Fsp3) is 0.500. The van der Waals surface area contributed by atoms with Gasteiger partial charge in [0.2, 0.25) is 0 Å². The van der Waals surface area contributed by atoms with Gasteiger partial charge in [-0.3, -0.25) is 4.79 Å². The van der Waals surface area contributed by atoms with E-state index < -0.39 is 17.7 Å². The Balaban J connectivity index is 2.57. The van der Waals surface area contributed by atoms with Gasteiger partial charge in [-0.15, -0.1) is 11.8 Å². The smallest absolute Gasteiger partial charge is 0.407 e. The standard InChI is InChI=1S/C18H26N4O6S/c1-18(2,3)28-17(26)20-9-6-5-8-19-14-15(29-10-7-13(23)27-4)22-12(11-21-14)16(24)25/h5-6,11H,7-10H2,1-4H3,(H,19,21)(H,20,26)(H,24,25). The Hall–Kier alpha value is -2.82. The monoisotopic (exact) mass is 426 g/mol. The molecule has 0 spiro atoms. The molecule has 3 N–H and O–H groups in total. The predicted molar refractivity (Wildman–Crippen MR) is 108 cm³/mol. The molecule has 0 fully saturated rings. The van der Waals surface area contributed by atoms with Gasteiger partial charge >= 0.3 is 18.0 Å². The zero-order valence-corrected chi connectivity index (χ0v) is 17.7. The molecule has 0 aliphatic rings. The number of ether oxygens (including phenoxy) is 2. The second-order valence-electron chi connectivity index (χ2n) is 6.62. The number of nitrogens with one attached hydrogen (secondary N) is 2. The van der Waals surface area contributed by atoms with Crippen molar-refractivity contribution in [3.63, 3.8) is 0 Å². The Morgan fingerprint density at radius 2 is 1.93 bits per heavy atom. The number of methoxy groups -OCH3 is 1. The molecule has 10 nitrogen and oxygen atoms in total. The second kappa shape index (κ2) is 11.9. The summed E-state index contributed by atoms with van der Waals surface area (Å²) in [4.78, 5) is 42.0. The van der Waals surface area contributed by atoms with E-state index in [1.54, 1.807) is 32.9 Å². The van der Waals surface area contributed by atoms with E-state index in [0.717, 1.165) is 6.20 Å². The fourth-order valence-corrected chi connectivity index (χ4v) is 2.70. The highest BCUT2D eigenvalue weighted by Gasteiger charge is 2.15. The summed E-state index contributed by atoms with van der Waals surface area (Å²) in [5.41, 5.74) is -0.744. The Morgan fingerprint density at radius 1 is 1.24 bits per heavy atom. The van der Waals surface area contributed by atoms with Crippen molar-refractivity contribution in [2.24, 2.45) is 0 Å². The maximum atomic E-state index is 11.5. The van der Waals surface area contributed by atoms with Crippen molar-refractivity contribution in [2.45, 2.75) is 37.8 Å². The van der Waals surface area contributed by atoms with Crippen molar-refractivity contribution in [3.05, 3.63) is 24.0 Å². The van der Waals surface area contributed by atoms with Crippen LogP contribution in [-0.4, -0.2) is 64.7 Å². The molecule has 1 aromatic rings. The van der Waals surface area contributed by atoms with E-state index in [4.69, 9.17) is 9.84 Å². The maximum absolute atomic E-state index is 11.5. The number of carbonyl (C=O) groups is 3. The van der Waals surface area contributed by atoms with Gasteiger partial charge in [-0.25, -0.2) is 19.6 Å². The van der Waals surface area contributed by atoms with Crippen molar-refractivity contribution in [3.8, 4) is 0 Å². The van der Waals surface area contributed by atoms with E-state index in [1.807, 2.05) is 0 Å². The number of amides is 1. The van der Waals surface area contributed by atoms with Crippen LogP contribution in [0.25, 0.3) is 0 Å². The van der Waals surface area contributed by atoms with Crippen LogP contribution in [0.15, 0.2) is 23.4 Å². The lowest BCUT2D eigenvalue weighted by molar-refractivity contribution is -0.140. The number of carboxylic acids is 1. The summed E-state index contributed by atoms with van der Waals surface area (Å²) in [6.45, 7) is 6.01. The molecule has 0 aromatic carbocycles. The second-order valence-corrected chi connectivity index (χ2v) is 7.71. The van der Waals surface area contributed by atoms with Gasteiger partial charge in [0.25, 0.3) is 0 Å². The molecule has 0 aliphatic heterocycles. The third kappa shape index (κ3) is 10.3. The Labute approximate surface area is 173 Å². The van der Waals surface area contributed by atoms with Gasteiger partial charge in [-0.05, 0) is 20.8 Å². The van der Waals surface area contributed by atoms with E-state index in [2.05, 4.69) is 25.3 Å². The van der Waals surface area contributed by atoms with Crippen LogP contribution >= 0.6 is 11.8 Å². The highest BCUT2D eigenvalue weighted by Crippen LogP contribution is 2.24. The Bertz CT molecular complexity index is 748. The van der Waals surface area contributed by atoms with E-state index in [0.29, 0.717) is 29.7 Å². The van der Waals surface area contributed by atoms with Crippen molar-refractivity contribution >= 4 is 35.6 Å². The van der Waals surface area contributed by atoms with Crippen molar-refractivity contribution in [2.75, 3.05) is 31.3 Å². The van der Waals surface area contributed by atoms with Gasteiger partial charge in [-0.2, -0.15) is 0 Å². The van der Waals surface area contributed by atoms with E-state index in [1.165, 1.54) is 18.9 Å². The van der Waals surface area contributed by atoms with E-state index in [-0.39, 0.29) is 18.1 Å². The summed E-state index contributed by atoms with van der Waals surface area (Å²) in [7, 11) is 1.30. The molecule has 0 unspecified atom stereocenters. The van der Waals surface area contributed by atoms with Crippen LogP contribution in [-0.2, 0) is 14.3 Å². The molecule has 0 bridgehead atoms. The number of nitrogens with zero attached hydrogens (tertiary/aromatic N) is 2. The first-order valence-electron chi connectivity index (χ1n) is 8.78. The van der Waals surface area contributed by atoms with E-state index in [9.17, 15) is 14.4 Å². The molecule has 0 saturated heterocycles. The zero-order chi connectivity index (χ0) is 21.9. The number of esters is 1. The van der Waals surface area contributed by atoms with Crippen molar-refractivity contribution in [1.29, 1.82) is 0 Å². The molecule has 11 heteroatoms. The third-order valence-corrected chi connectivity index (χ3v) is 4.02. The normalized spacial score (nSPS) is 11.2. The topological polar surface area (TPSA) is 140 Å². The molecular formula is C18H26N4O6S. The average molecular weight is 426 g/mol. The predicted octanol–water partition coefficient (Wildman–Crippen LogP) is 2.32. The average Bonchev–Trinajstić information content (AvgIpc) is 2.63. The molecule has 0 atom stereocenters. The fourth-order valence-electron chi connectivity index (χ4n) is 1.81. The number of hydrogen-bond donors (Lipinski definition) is 3. The number of hydrogen-bond acceptors (Lipinski definition) is 9.